The SMILES string of the molecule is CCCCCC(=N\c1ccc(CC)c(CC)c1)/C(CCCC)=N/c1ccc(CC)c(CC)c1. The Morgan fingerprint density at radius 2 is 0.939 bits per heavy atom. The number of aliphatic imine (C=N–C) groups is 2. The number of unbranched alkanes of at least 4 members (excludes halogenated alkanes) is 3. The fourth-order valence-corrected chi connectivity index (χ4v) is 4.44. The van der Waals surface area contributed by atoms with Gasteiger partial charge in [0.2, 0.25) is 0 Å². The summed E-state index contributed by atoms with van der Waals surface area (Å²) >= 11 is 0. The molecule has 0 aromatic heterocycles. The molecule has 0 fully saturated rings. The van der Waals surface area contributed by atoms with Crippen LogP contribution in [0.4, 0.5) is 11.4 Å². The van der Waals surface area contributed by atoms with Crippen LogP contribution in [-0.2, 0) is 25.7 Å². The van der Waals surface area contributed by atoms with Crippen molar-refractivity contribution in [2.24, 2.45) is 9.98 Å². The molecule has 2 aromatic carbocycles. The molecule has 180 valence electrons. The van der Waals surface area contributed by atoms with Gasteiger partial charge in [-0.1, -0.05) is 72.9 Å². The highest BCUT2D eigenvalue weighted by Gasteiger charge is 2.12. The molecular weight excluding hydrogens is 400 g/mol. The van der Waals surface area contributed by atoms with E-state index in [-0.39, 0.29) is 0 Å². The average Bonchev–Trinajstić information content (AvgIpc) is 2.85. The highest BCUT2D eigenvalue weighted by molar-refractivity contribution is 6.43. The van der Waals surface area contributed by atoms with Gasteiger partial charge in [0.15, 0.2) is 0 Å². The molecule has 0 N–H and O–H groups in total. The van der Waals surface area contributed by atoms with Crippen molar-refractivity contribution in [1.29, 1.82) is 0 Å². The summed E-state index contributed by atoms with van der Waals surface area (Å²) in [6.07, 6.45) is 12.2. The lowest BCUT2D eigenvalue weighted by Crippen LogP contribution is -2.14. The third-order valence-corrected chi connectivity index (χ3v) is 6.55. The van der Waals surface area contributed by atoms with Crippen molar-refractivity contribution in [1.82, 2.24) is 0 Å². The van der Waals surface area contributed by atoms with Crippen LogP contribution in [0.25, 0.3) is 0 Å². The first-order valence-electron chi connectivity index (χ1n) is 13.5. The molecule has 2 nitrogen and oxygen atoms in total. The lowest BCUT2D eigenvalue weighted by Gasteiger charge is -2.13. The third-order valence-electron chi connectivity index (χ3n) is 6.55. The minimum atomic E-state index is 0.992. The summed E-state index contributed by atoms with van der Waals surface area (Å²) in [6, 6.07) is 13.5. The van der Waals surface area contributed by atoms with E-state index >= 15 is 0 Å². The number of hydrogen-bond acceptors (Lipinski definition) is 2. The van der Waals surface area contributed by atoms with Gasteiger partial charge in [0.1, 0.15) is 0 Å². The largest absolute Gasteiger partial charge is 0.252 e. The molecule has 33 heavy (non-hydrogen) atoms. The number of aryl methyl sites for hydroxylation is 4. The summed E-state index contributed by atoms with van der Waals surface area (Å²) in [5.74, 6) is 0. The van der Waals surface area contributed by atoms with E-state index in [1.54, 1.807) is 0 Å². The maximum absolute atomic E-state index is 5.23. The molecule has 0 spiro atoms. The van der Waals surface area contributed by atoms with Gasteiger partial charge in [-0.05, 0) is 97.9 Å². The van der Waals surface area contributed by atoms with E-state index < -0.39 is 0 Å². The average molecular weight is 447 g/mol. The van der Waals surface area contributed by atoms with Crippen LogP contribution in [0.1, 0.15) is 109 Å². The molecule has 0 heterocycles. The van der Waals surface area contributed by atoms with Crippen LogP contribution in [0.5, 0.6) is 0 Å². The van der Waals surface area contributed by atoms with Crippen LogP contribution >= 0.6 is 0 Å². The van der Waals surface area contributed by atoms with Gasteiger partial charge in [-0.15, -0.1) is 0 Å². The second-order valence-corrected chi connectivity index (χ2v) is 9.00. The Bertz CT molecular complexity index is 921. The second-order valence-electron chi connectivity index (χ2n) is 9.00. The first kappa shape index (κ1) is 27.0. The second kappa shape index (κ2) is 14.8. The van der Waals surface area contributed by atoms with Gasteiger partial charge >= 0.3 is 0 Å². The van der Waals surface area contributed by atoms with Crippen molar-refractivity contribution in [3.8, 4) is 0 Å². The molecule has 0 aliphatic rings. The molecule has 2 aromatic rings. The number of nitrogens with zero attached hydrogens (tertiary/aromatic N) is 2. The van der Waals surface area contributed by atoms with Gasteiger partial charge < -0.3 is 0 Å². The Kier molecular flexibility index (Phi) is 12.1. The number of benzene rings is 2. The van der Waals surface area contributed by atoms with Crippen LogP contribution in [-0.4, -0.2) is 11.4 Å². The molecule has 0 aliphatic heterocycles. The van der Waals surface area contributed by atoms with E-state index in [2.05, 4.69) is 77.9 Å². The fourth-order valence-electron chi connectivity index (χ4n) is 4.44. The van der Waals surface area contributed by atoms with Crippen molar-refractivity contribution in [2.75, 3.05) is 0 Å². The first-order chi connectivity index (χ1) is 16.1. The van der Waals surface area contributed by atoms with E-state index in [4.69, 9.17) is 9.98 Å². The normalized spacial score (nSPS) is 12.4. The Labute approximate surface area is 203 Å². The minimum absolute atomic E-state index is 0.992. The fraction of sp³-hybridized carbons (Fsp3) is 0.548. The topological polar surface area (TPSA) is 24.7 Å². The first-order valence-corrected chi connectivity index (χ1v) is 13.5. The third kappa shape index (κ3) is 8.25. The number of hydrogen-bond donors (Lipinski definition) is 0. The van der Waals surface area contributed by atoms with Crippen molar-refractivity contribution in [3.05, 3.63) is 58.7 Å². The van der Waals surface area contributed by atoms with Crippen LogP contribution < -0.4 is 0 Å². The number of rotatable bonds is 14. The van der Waals surface area contributed by atoms with E-state index in [1.807, 2.05) is 0 Å². The van der Waals surface area contributed by atoms with E-state index in [9.17, 15) is 0 Å². The minimum Gasteiger partial charge on any atom is -0.252 e. The van der Waals surface area contributed by atoms with Crippen molar-refractivity contribution >= 4 is 22.8 Å². The Morgan fingerprint density at radius 1 is 0.515 bits per heavy atom. The summed E-state index contributed by atoms with van der Waals surface area (Å²) in [5.41, 5.74) is 10.2. The zero-order valence-corrected chi connectivity index (χ0v) is 22.1. The van der Waals surface area contributed by atoms with Gasteiger partial charge in [0, 0.05) is 0 Å². The van der Waals surface area contributed by atoms with Crippen molar-refractivity contribution in [3.63, 3.8) is 0 Å². The zero-order chi connectivity index (χ0) is 24.1. The summed E-state index contributed by atoms with van der Waals surface area (Å²) in [7, 11) is 0. The van der Waals surface area contributed by atoms with Gasteiger partial charge in [0.25, 0.3) is 0 Å². The maximum Gasteiger partial charge on any atom is 0.0636 e. The van der Waals surface area contributed by atoms with Crippen LogP contribution in [0.15, 0.2) is 46.4 Å². The smallest absolute Gasteiger partial charge is 0.0636 e. The molecule has 0 unspecified atom stereocenters. The lowest BCUT2D eigenvalue weighted by molar-refractivity contribution is 0.742. The summed E-state index contributed by atoms with van der Waals surface area (Å²) in [6.45, 7) is 13.5. The molecule has 2 heteroatoms. The summed E-state index contributed by atoms with van der Waals surface area (Å²) < 4.78 is 0. The van der Waals surface area contributed by atoms with Gasteiger partial charge in [0.05, 0.1) is 22.8 Å². The predicted molar refractivity (Wildman–Crippen MR) is 148 cm³/mol. The summed E-state index contributed by atoms with van der Waals surface area (Å²) in [4.78, 5) is 10.4. The zero-order valence-electron chi connectivity index (χ0n) is 22.1. The quantitative estimate of drug-likeness (QED) is 0.204. The molecule has 0 atom stereocenters. The molecule has 2 rings (SSSR count). The summed E-state index contributed by atoms with van der Waals surface area (Å²) in [5, 5.41) is 0. The van der Waals surface area contributed by atoms with Gasteiger partial charge in [-0.3, -0.25) is 9.98 Å². The molecular formula is C31H46N2. The monoisotopic (exact) mass is 446 g/mol. The highest BCUT2D eigenvalue weighted by atomic mass is 14.8. The van der Waals surface area contributed by atoms with Crippen molar-refractivity contribution < 1.29 is 0 Å². The van der Waals surface area contributed by atoms with E-state index in [1.165, 1.54) is 59.4 Å². The predicted octanol–water partition coefficient (Wildman–Crippen LogP) is 9.55. The van der Waals surface area contributed by atoms with E-state index in [0.717, 1.165) is 56.3 Å². The lowest BCUT2D eigenvalue weighted by atomic mass is 10.00. The molecule has 0 saturated carbocycles. The Balaban J connectivity index is 2.53. The Morgan fingerprint density at radius 3 is 1.33 bits per heavy atom. The van der Waals surface area contributed by atoms with Crippen LogP contribution in [0.2, 0.25) is 0 Å². The Hall–Kier alpha value is -2.22. The van der Waals surface area contributed by atoms with E-state index in [0.29, 0.717) is 0 Å². The van der Waals surface area contributed by atoms with Gasteiger partial charge in [-0.2, -0.15) is 0 Å². The molecule has 0 amide bonds. The molecule has 0 bridgehead atoms. The highest BCUT2D eigenvalue weighted by Crippen LogP contribution is 2.24. The van der Waals surface area contributed by atoms with Gasteiger partial charge in [-0.25, -0.2) is 0 Å². The van der Waals surface area contributed by atoms with Crippen LogP contribution in [0.3, 0.4) is 0 Å². The van der Waals surface area contributed by atoms with Crippen molar-refractivity contribution in [2.45, 2.75) is 112 Å². The maximum atomic E-state index is 5.23. The van der Waals surface area contributed by atoms with Crippen LogP contribution in [0, 0.1) is 0 Å². The molecule has 0 aliphatic carbocycles. The molecule has 0 radical (unpaired) electrons. The molecule has 0 saturated heterocycles. The standard InChI is InChI=1S/C31H46N2/c1-7-13-15-17-31(33-29-21-19-25(10-4)27(12-6)23-29)30(16-14-8-2)32-28-20-18-24(9-3)26(11-5)22-28/h18-23H,7-17H2,1-6H3/b32-30+,33-31+.